The van der Waals surface area contributed by atoms with Gasteiger partial charge in [-0.15, -0.1) is 0 Å². The van der Waals surface area contributed by atoms with Crippen molar-refractivity contribution in [3.05, 3.63) is 35.9 Å². The normalized spacial score (nSPS) is 10.1. The molecular weight excluding hydrogens is 158 g/mol. The summed E-state index contributed by atoms with van der Waals surface area (Å²) in [5.74, 6) is 0.527. The highest BCUT2D eigenvalue weighted by molar-refractivity contribution is 5.65. The molecule has 0 saturated heterocycles. The first-order valence-electron chi connectivity index (χ1n) is 4.42. The van der Waals surface area contributed by atoms with Crippen LogP contribution in [0.1, 0.15) is 30.9 Å². The Labute approximate surface area is 79.8 Å². The minimum absolute atomic E-state index is 0.527. The fraction of sp³-hybridized carbons (Fsp3) is 0.250. The predicted octanol–water partition coefficient (Wildman–Crippen LogP) is 3.79. The van der Waals surface area contributed by atoms with Crippen molar-refractivity contribution >= 4 is 18.5 Å². The van der Waals surface area contributed by atoms with E-state index in [2.05, 4.69) is 44.3 Å². The largest absolute Gasteiger partial charge is 0.264 e. The third kappa shape index (κ3) is 2.05. The van der Waals surface area contributed by atoms with Gasteiger partial charge in [-0.25, -0.2) is 0 Å². The molecular formula is C12H15N. The molecule has 1 nitrogen and oxygen atoms in total. The van der Waals surface area contributed by atoms with Crippen LogP contribution in [0.3, 0.4) is 0 Å². The van der Waals surface area contributed by atoms with Crippen LogP contribution in [0.4, 0.5) is 5.69 Å². The van der Waals surface area contributed by atoms with Crippen LogP contribution in [0.25, 0.3) is 6.08 Å². The predicted molar refractivity (Wildman–Crippen MR) is 59.8 cm³/mol. The van der Waals surface area contributed by atoms with E-state index in [1.165, 1.54) is 5.56 Å². The Morgan fingerprint density at radius 1 is 1.38 bits per heavy atom. The lowest BCUT2D eigenvalue weighted by molar-refractivity contribution is 0.866. The Balaban J connectivity index is 3.20. The fourth-order valence-corrected chi connectivity index (χ4v) is 1.23. The second-order valence-corrected chi connectivity index (χ2v) is 3.34. The lowest BCUT2D eigenvalue weighted by Crippen LogP contribution is -1.87. The SMILES string of the molecule is C=Cc1ccc(C(C)C)cc1N=C. The van der Waals surface area contributed by atoms with E-state index in [0.29, 0.717) is 5.92 Å². The summed E-state index contributed by atoms with van der Waals surface area (Å²) in [5.41, 5.74) is 3.24. The van der Waals surface area contributed by atoms with E-state index in [1.54, 1.807) is 6.08 Å². The fourth-order valence-electron chi connectivity index (χ4n) is 1.23. The molecule has 0 aliphatic carbocycles. The molecule has 0 N–H and O–H groups in total. The topological polar surface area (TPSA) is 12.4 Å². The average molecular weight is 173 g/mol. The number of hydrogen-bond donors (Lipinski definition) is 0. The Morgan fingerprint density at radius 2 is 2.08 bits per heavy atom. The van der Waals surface area contributed by atoms with Crippen LogP contribution in [-0.2, 0) is 0 Å². The molecule has 0 aromatic heterocycles. The van der Waals surface area contributed by atoms with Gasteiger partial charge in [-0.2, -0.15) is 0 Å². The van der Waals surface area contributed by atoms with E-state index < -0.39 is 0 Å². The summed E-state index contributed by atoms with van der Waals surface area (Å²) in [5, 5.41) is 0. The Bertz CT molecular complexity index is 324. The summed E-state index contributed by atoms with van der Waals surface area (Å²) < 4.78 is 0. The highest BCUT2D eigenvalue weighted by Gasteiger charge is 2.02. The van der Waals surface area contributed by atoms with Gasteiger partial charge in [0.05, 0.1) is 5.69 Å². The average Bonchev–Trinajstić information content (AvgIpc) is 2.16. The van der Waals surface area contributed by atoms with Gasteiger partial charge in [0.2, 0.25) is 0 Å². The zero-order chi connectivity index (χ0) is 9.84. The highest BCUT2D eigenvalue weighted by atomic mass is 14.7. The number of nitrogens with zero attached hydrogens (tertiary/aromatic N) is 1. The van der Waals surface area contributed by atoms with E-state index >= 15 is 0 Å². The maximum Gasteiger partial charge on any atom is 0.0697 e. The lowest BCUT2D eigenvalue weighted by Gasteiger charge is -2.07. The minimum atomic E-state index is 0.527. The van der Waals surface area contributed by atoms with Gasteiger partial charge in [0.15, 0.2) is 0 Å². The third-order valence-electron chi connectivity index (χ3n) is 2.11. The van der Waals surface area contributed by atoms with Gasteiger partial charge >= 0.3 is 0 Å². The van der Waals surface area contributed by atoms with Crippen molar-refractivity contribution in [2.24, 2.45) is 4.99 Å². The smallest absolute Gasteiger partial charge is 0.0697 e. The molecule has 0 fully saturated rings. The molecule has 0 amide bonds. The number of aliphatic imine (C=N–C) groups is 1. The first kappa shape index (κ1) is 9.72. The van der Waals surface area contributed by atoms with Gasteiger partial charge in [-0.1, -0.05) is 38.6 Å². The maximum atomic E-state index is 3.96. The lowest BCUT2D eigenvalue weighted by atomic mass is 10.0. The Morgan fingerprint density at radius 3 is 2.54 bits per heavy atom. The van der Waals surface area contributed by atoms with Crippen molar-refractivity contribution in [1.29, 1.82) is 0 Å². The van der Waals surface area contributed by atoms with Crippen molar-refractivity contribution in [1.82, 2.24) is 0 Å². The van der Waals surface area contributed by atoms with Crippen LogP contribution in [-0.4, -0.2) is 6.72 Å². The molecule has 0 bridgehead atoms. The zero-order valence-corrected chi connectivity index (χ0v) is 8.25. The summed E-state index contributed by atoms with van der Waals surface area (Å²) in [7, 11) is 0. The summed E-state index contributed by atoms with van der Waals surface area (Å²) in [6.07, 6.45) is 1.80. The summed E-state index contributed by atoms with van der Waals surface area (Å²) >= 11 is 0. The molecule has 13 heavy (non-hydrogen) atoms. The van der Waals surface area contributed by atoms with Crippen LogP contribution < -0.4 is 0 Å². The van der Waals surface area contributed by atoms with Gasteiger partial charge in [-0.3, -0.25) is 4.99 Å². The second-order valence-electron chi connectivity index (χ2n) is 3.34. The molecule has 0 aliphatic heterocycles. The van der Waals surface area contributed by atoms with Crippen LogP contribution in [0.5, 0.6) is 0 Å². The first-order chi connectivity index (χ1) is 6.19. The van der Waals surface area contributed by atoms with Crippen molar-refractivity contribution in [3.8, 4) is 0 Å². The summed E-state index contributed by atoms with van der Waals surface area (Å²) in [6, 6.07) is 6.21. The number of rotatable bonds is 3. The van der Waals surface area contributed by atoms with Crippen molar-refractivity contribution in [3.63, 3.8) is 0 Å². The van der Waals surface area contributed by atoms with E-state index in [-0.39, 0.29) is 0 Å². The molecule has 1 rings (SSSR count). The summed E-state index contributed by atoms with van der Waals surface area (Å²) in [4.78, 5) is 3.96. The third-order valence-corrected chi connectivity index (χ3v) is 2.11. The first-order valence-corrected chi connectivity index (χ1v) is 4.42. The number of benzene rings is 1. The van der Waals surface area contributed by atoms with Crippen LogP contribution in [0, 0.1) is 0 Å². The second kappa shape index (κ2) is 4.04. The van der Waals surface area contributed by atoms with Gasteiger partial charge in [0.1, 0.15) is 0 Å². The van der Waals surface area contributed by atoms with Gasteiger partial charge < -0.3 is 0 Å². The molecule has 0 heterocycles. The molecule has 68 valence electrons. The van der Waals surface area contributed by atoms with E-state index in [1.807, 2.05) is 6.07 Å². The van der Waals surface area contributed by atoms with Crippen LogP contribution in [0.2, 0.25) is 0 Å². The van der Waals surface area contributed by atoms with Crippen molar-refractivity contribution in [2.75, 3.05) is 0 Å². The molecule has 0 unspecified atom stereocenters. The molecule has 0 saturated carbocycles. The van der Waals surface area contributed by atoms with Gasteiger partial charge in [-0.05, 0) is 29.8 Å². The highest BCUT2D eigenvalue weighted by Crippen LogP contribution is 2.25. The van der Waals surface area contributed by atoms with Crippen LogP contribution in [0.15, 0.2) is 29.8 Å². The standard InChI is InChI=1S/C12H15N/c1-5-10-6-7-11(9(2)3)8-12(10)13-4/h5-9H,1,4H2,2-3H3. The Kier molecular flexibility index (Phi) is 3.02. The van der Waals surface area contributed by atoms with E-state index in [4.69, 9.17) is 0 Å². The molecule has 1 aromatic carbocycles. The quantitative estimate of drug-likeness (QED) is 0.617. The van der Waals surface area contributed by atoms with E-state index in [9.17, 15) is 0 Å². The zero-order valence-electron chi connectivity index (χ0n) is 8.25. The van der Waals surface area contributed by atoms with Crippen molar-refractivity contribution < 1.29 is 0 Å². The van der Waals surface area contributed by atoms with Crippen LogP contribution >= 0.6 is 0 Å². The molecule has 0 aliphatic rings. The van der Waals surface area contributed by atoms with Gasteiger partial charge in [0, 0.05) is 0 Å². The molecule has 0 atom stereocenters. The maximum absolute atomic E-state index is 3.96. The molecule has 0 radical (unpaired) electrons. The molecule has 0 spiro atoms. The van der Waals surface area contributed by atoms with Crippen molar-refractivity contribution in [2.45, 2.75) is 19.8 Å². The minimum Gasteiger partial charge on any atom is -0.264 e. The molecule has 1 aromatic rings. The van der Waals surface area contributed by atoms with E-state index in [0.717, 1.165) is 11.3 Å². The number of hydrogen-bond acceptors (Lipinski definition) is 1. The molecule has 1 heteroatoms. The van der Waals surface area contributed by atoms with Gasteiger partial charge in [0.25, 0.3) is 0 Å². The Hall–Kier alpha value is -1.37. The monoisotopic (exact) mass is 173 g/mol. The summed E-state index contributed by atoms with van der Waals surface area (Å²) in [6.45, 7) is 11.6.